The molecule has 4 saturated heterocycles. The maximum Gasteiger partial charge on any atom is 0.339 e. The molecular weight excluding hydrogens is 357 g/mol. The summed E-state index contributed by atoms with van der Waals surface area (Å²) in [5, 5.41) is 9.74. The summed E-state index contributed by atoms with van der Waals surface area (Å²) in [7, 11) is 0. The molecule has 1 N–H and O–H groups in total. The molecule has 0 radical (unpaired) electrons. The van der Waals surface area contributed by atoms with Gasteiger partial charge in [0.15, 0.2) is 0 Å². The molecule has 0 aliphatic carbocycles. The third kappa shape index (κ3) is 2.70. The van der Waals surface area contributed by atoms with Crippen LogP contribution in [0.4, 0.5) is 10.2 Å². The van der Waals surface area contributed by atoms with Gasteiger partial charge in [0.2, 0.25) is 0 Å². The van der Waals surface area contributed by atoms with Crippen molar-refractivity contribution in [3.8, 4) is 0 Å². The van der Waals surface area contributed by atoms with Crippen LogP contribution in [0.5, 0.6) is 0 Å². The van der Waals surface area contributed by atoms with Crippen LogP contribution in [0.25, 0.3) is 0 Å². The largest absolute Gasteiger partial charge is 0.478 e. The highest BCUT2D eigenvalue weighted by molar-refractivity contribution is 5.93. The van der Waals surface area contributed by atoms with Crippen molar-refractivity contribution in [3.05, 3.63) is 59.0 Å². The second kappa shape index (κ2) is 6.55. The minimum atomic E-state index is -0.939. The van der Waals surface area contributed by atoms with E-state index in [9.17, 15) is 14.3 Å². The van der Waals surface area contributed by atoms with Gasteiger partial charge in [-0.2, -0.15) is 0 Å². The average molecular weight is 381 g/mol. The number of halogens is 1. The van der Waals surface area contributed by atoms with Gasteiger partial charge >= 0.3 is 5.97 Å². The van der Waals surface area contributed by atoms with Gasteiger partial charge in [-0.25, -0.2) is 14.2 Å². The highest BCUT2D eigenvalue weighted by Crippen LogP contribution is 2.48. The fourth-order valence-electron chi connectivity index (χ4n) is 5.60. The zero-order valence-electron chi connectivity index (χ0n) is 15.9. The molecule has 0 saturated carbocycles. The lowest BCUT2D eigenvalue weighted by atomic mass is 9.75. The van der Waals surface area contributed by atoms with Crippen molar-refractivity contribution in [1.29, 1.82) is 0 Å². The molecule has 6 rings (SSSR count). The lowest BCUT2D eigenvalue weighted by Crippen LogP contribution is -2.60. The van der Waals surface area contributed by atoms with E-state index in [0.29, 0.717) is 24.3 Å². The predicted molar refractivity (Wildman–Crippen MR) is 104 cm³/mol. The highest BCUT2D eigenvalue weighted by Gasteiger charge is 2.54. The Balaban J connectivity index is 1.61. The Morgan fingerprint density at radius 2 is 1.82 bits per heavy atom. The molecule has 146 valence electrons. The van der Waals surface area contributed by atoms with Crippen LogP contribution in [0.3, 0.4) is 0 Å². The molecule has 1 aromatic heterocycles. The molecule has 5 nitrogen and oxygen atoms in total. The van der Waals surface area contributed by atoms with E-state index in [1.807, 2.05) is 19.1 Å². The number of hydrogen-bond donors (Lipinski definition) is 1. The number of aromatic carboxylic acids is 1. The zero-order chi connectivity index (χ0) is 19.4. The first kappa shape index (κ1) is 17.6. The van der Waals surface area contributed by atoms with Crippen molar-refractivity contribution in [2.45, 2.75) is 37.8 Å². The lowest BCUT2D eigenvalue weighted by molar-refractivity contribution is 0.0353. The molecule has 6 heteroatoms. The van der Waals surface area contributed by atoms with Crippen LogP contribution >= 0.6 is 0 Å². The van der Waals surface area contributed by atoms with Crippen LogP contribution in [0.1, 0.15) is 40.4 Å². The van der Waals surface area contributed by atoms with E-state index in [-0.39, 0.29) is 23.3 Å². The standard InChI is InChI=1S/C22H24FN3O2/c1-13-2-7-17(22(27)28)21(24-13)26-12-18(14-3-5-16(23)6-4-14)20-19(26)15-8-10-25(20)11-9-15/h2-7,15,18-20H,8-12H2,1H3,(H,27,28). The zero-order valence-corrected chi connectivity index (χ0v) is 15.9. The van der Waals surface area contributed by atoms with Crippen LogP contribution < -0.4 is 4.90 Å². The number of aryl methyl sites for hydroxylation is 1. The number of nitrogens with zero attached hydrogens (tertiary/aromatic N) is 3. The van der Waals surface area contributed by atoms with Crippen LogP contribution in [0.2, 0.25) is 0 Å². The summed E-state index contributed by atoms with van der Waals surface area (Å²) in [5.74, 6) is 0.183. The van der Waals surface area contributed by atoms with Crippen LogP contribution in [-0.4, -0.2) is 52.7 Å². The number of carboxylic acids is 1. The monoisotopic (exact) mass is 381 g/mol. The lowest BCUT2D eigenvalue weighted by Gasteiger charge is -2.51. The SMILES string of the molecule is Cc1ccc(C(=O)O)c(N2CC(c3ccc(F)cc3)C3C2C2CCN3CC2)n1. The second-order valence-corrected chi connectivity index (χ2v) is 8.29. The molecule has 3 atom stereocenters. The Morgan fingerprint density at radius 3 is 2.50 bits per heavy atom. The van der Waals surface area contributed by atoms with E-state index in [1.54, 1.807) is 12.1 Å². The summed E-state index contributed by atoms with van der Waals surface area (Å²) in [4.78, 5) is 21.3. The number of carbonyl (C=O) groups is 1. The van der Waals surface area contributed by atoms with Gasteiger partial charge in [-0.3, -0.25) is 4.90 Å². The summed E-state index contributed by atoms with van der Waals surface area (Å²) in [5.41, 5.74) is 2.21. The van der Waals surface area contributed by atoms with Crippen molar-refractivity contribution in [1.82, 2.24) is 9.88 Å². The van der Waals surface area contributed by atoms with Gasteiger partial charge in [0.1, 0.15) is 17.2 Å². The number of hydrogen-bond acceptors (Lipinski definition) is 4. The molecule has 2 aromatic rings. The Bertz CT molecular complexity index is 908. The minimum absolute atomic E-state index is 0.220. The number of pyridine rings is 1. The number of carboxylic acid groups (broad SMARTS) is 1. The number of aromatic nitrogens is 1. The van der Waals surface area contributed by atoms with E-state index in [1.165, 1.54) is 12.1 Å². The molecule has 1 aromatic carbocycles. The Kier molecular flexibility index (Phi) is 4.12. The molecule has 4 fully saturated rings. The summed E-state index contributed by atoms with van der Waals surface area (Å²) < 4.78 is 13.5. The third-order valence-electron chi connectivity index (χ3n) is 6.81. The fourth-order valence-corrected chi connectivity index (χ4v) is 5.60. The van der Waals surface area contributed by atoms with Crippen molar-refractivity contribution in [2.24, 2.45) is 5.92 Å². The molecule has 4 aliphatic rings. The van der Waals surface area contributed by atoms with Crippen LogP contribution in [0, 0.1) is 18.7 Å². The molecule has 0 amide bonds. The number of anilines is 1. The van der Waals surface area contributed by atoms with E-state index >= 15 is 0 Å². The molecule has 0 spiro atoms. The number of piperidine rings is 3. The Morgan fingerprint density at radius 1 is 1.11 bits per heavy atom. The molecule has 2 bridgehead atoms. The van der Waals surface area contributed by atoms with Gasteiger partial charge in [0, 0.05) is 30.2 Å². The number of rotatable bonds is 3. The highest BCUT2D eigenvalue weighted by atomic mass is 19.1. The van der Waals surface area contributed by atoms with Gasteiger partial charge in [-0.1, -0.05) is 12.1 Å². The normalized spacial score (nSPS) is 31.1. The molecular formula is C22H24FN3O2. The summed E-state index contributed by atoms with van der Waals surface area (Å²) in [6, 6.07) is 10.8. The number of fused-ring (bicyclic) bond motifs is 2. The molecule has 28 heavy (non-hydrogen) atoms. The average Bonchev–Trinajstić information content (AvgIpc) is 3.12. The first-order chi connectivity index (χ1) is 13.5. The molecule has 3 unspecified atom stereocenters. The Hall–Kier alpha value is -2.47. The van der Waals surface area contributed by atoms with Crippen molar-refractivity contribution in [3.63, 3.8) is 0 Å². The van der Waals surface area contributed by atoms with Crippen molar-refractivity contribution in [2.75, 3.05) is 24.5 Å². The third-order valence-corrected chi connectivity index (χ3v) is 6.81. The van der Waals surface area contributed by atoms with E-state index < -0.39 is 5.97 Å². The predicted octanol–water partition coefficient (Wildman–Crippen LogP) is 3.29. The van der Waals surface area contributed by atoms with Gasteiger partial charge in [0.05, 0.1) is 0 Å². The quantitative estimate of drug-likeness (QED) is 0.884. The molecule has 4 aliphatic heterocycles. The van der Waals surface area contributed by atoms with Crippen LogP contribution in [-0.2, 0) is 0 Å². The van der Waals surface area contributed by atoms with Gasteiger partial charge in [0.25, 0.3) is 0 Å². The van der Waals surface area contributed by atoms with E-state index in [4.69, 9.17) is 0 Å². The Labute approximate surface area is 163 Å². The first-order valence-electron chi connectivity index (χ1n) is 10.00. The van der Waals surface area contributed by atoms with Gasteiger partial charge in [-0.05, 0) is 68.6 Å². The van der Waals surface area contributed by atoms with Crippen LogP contribution in [0.15, 0.2) is 36.4 Å². The topological polar surface area (TPSA) is 56.7 Å². The van der Waals surface area contributed by atoms with Gasteiger partial charge < -0.3 is 10.0 Å². The summed E-state index contributed by atoms with van der Waals surface area (Å²) in [6.07, 6.45) is 2.28. The molecule has 5 heterocycles. The first-order valence-corrected chi connectivity index (χ1v) is 10.00. The summed E-state index contributed by atoms with van der Waals surface area (Å²) >= 11 is 0. The van der Waals surface area contributed by atoms with Crippen molar-refractivity contribution >= 4 is 11.8 Å². The minimum Gasteiger partial charge on any atom is -0.478 e. The summed E-state index contributed by atoms with van der Waals surface area (Å²) in [6.45, 7) is 4.79. The number of benzene rings is 1. The van der Waals surface area contributed by atoms with E-state index in [2.05, 4.69) is 14.8 Å². The fraction of sp³-hybridized carbons (Fsp3) is 0.455. The van der Waals surface area contributed by atoms with E-state index in [0.717, 1.165) is 37.2 Å². The van der Waals surface area contributed by atoms with Crippen molar-refractivity contribution < 1.29 is 14.3 Å². The van der Waals surface area contributed by atoms with Gasteiger partial charge in [-0.15, -0.1) is 0 Å². The maximum atomic E-state index is 13.5. The maximum absolute atomic E-state index is 13.5. The smallest absolute Gasteiger partial charge is 0.339 e. The second-order valence-electron chi connectivity index (χ2n) is 8.29.